The van der Waals surface area contributed by atoms with Gasteiger partial charge in [0.1, 0.15) is 11.6 Å². The zero-order valence-electron chi connectivity index (χ0n) is 9.74. The first-order valence-electron chi connectivity index (χ1n) is 5.26. The lowest BCUT2D eigenvalue weighted by molar-refractivity contribution is -0.139. The van der Waals surface area contributed by atoms with E-state index in [1.54, 1.807) is 20.8 Å². The summed E-state index contributed by atoms with van der Waals surface area (Å²) in [5.74, 6) is -0.895. The van der Waals surface area contributed by atoms with E-state index in [0.29, 0.717) is 12.8 Å². The molecule has 0 bridgehead atoms. The van der Waals surface area contributed by atoms with E-state index in [2.05, 4.69) is 10.6 Å². The molecule has 1 aliphatic rings. The summed E-state index contributed by atoms with van der Waals surface area (Å²) in [7, 11) is 0. The number of amides is 1. The van der Waals surface area contributed by atoms with Crippen LogP contribution in [0.5, 0.6) is 0 Å². The number of hydrogen-bond donors (Lipinski definition) is 3. The average Bonchev–Trinajstić information content (AvgIpc) is 2.48. The van der Waals surface area contributed by atoms with Crippen LogP contribution in [0.3, 0.4) is 0 Å². The third-order valence-electron chi connectivity index (χ3n) is 2.14. The van der Waals surface area contributed by atoms with Gasteiger partial charge in [0.15, 0.2) is 0 Å². The van der Waals surface area contributed by atoms with E-state index in [1.807, 2.05) is 0 Å². The van der Waals surface area contributed by atoms with E-state index in [1.165, 1.54) is 0 Å². The molecular weight excluding hydrogens is 212 g/mol. The molecule has 3 N–H and O–H groups in total. The summed E-state index contributed by atoms with van der Waals surface area (Å²) in [4.78, 5) is 22.0. The van der Waals surface area contributed by atoms with Gasteiger partial charge in [0, 0.05) is 0 Å². The lowest BCUT2D eigenvalue weighted by atomic mass is 10.2. The van der Waals surface area contributed by atoms with Crippen molar-refractivity contribution in [3.63, 3.8) is 0 Å². The van der Waals surface area contributed by atoms with Crippen molar-refractivity contribution in [2.75, 3.05) is 0 Å². The van der Waals surface area contributed by atoms with E-state index in [4.69, 9.17) is 9.84 Å². The molecule has 6 heteroatoms. The van der Waals surface area contributed by atoms with Crippen LogP contribution in [0.25, 0.3) is 0 Å². The van der Waals surface area contributed by atoms with Gasteiger partial charge in [-0.2, -0.15) is 0 Å². The van der Waals surface area contributed by atoms with Crippen molar-refractivity contribution >= 4 is 12.1 Å². The second-order valence-corrected chi connectivity index (χ2v) is 4.83. The second kappa shape index (κ2) is 4.69. The van der Waals surface area contributed by atoms with E-state index in [0.717, 1.165) is 0 Å². The number of alkyl carbamates (subject to hydrolysis) is 1. The molecule has 1 heterocycles. The molecule has 0 unspecified atom stereocenters. The predicted molar refractivity (Wildman–Crippen MR) is 57.0 cm³/mol. The SMILES string of the molecule is CC(C)(C)OC(=O)N[C@@H]1CC[C@@H](C(=O)O)N1. The van der Waals surface area contributed by atoms with Crippen LogP contribution in [0.1, 0.15) is 33.6 Å². The molecule has 0 aliphatic carbocycles. The normalized spacial score (nSPS) is 25.2. The zero-order valence-corrected chi connectivity index (χ0v) is 9.74. The van der Waals surface area contributed by atoms with Gasteiger partial charge in [0.25, 0.3) is 0 Å². The summed E-state index contributed by atoms with van der Waals surface area (Å²) in [5.41, 5.74) is -0.547. The molecule has 0 aromatic carbocycles. The van der Waals surface area contributed by atoms with Crippen LogP contribution < -0.4 is 10.6 Å². The molecule has 1 saturated heterocycles. The van der Waals surface area contributed by atoms with Gasteiger partial charge in [-0.25, -0.2) is 4.79 Å². The number of carboxylic acid groups (broad SMARTS) is 1. The second-order valence-electron chi connectivity index (χ2n) is 4.83. The van der Waals surface area contributed by atoms with E-state index >= 15 is 0 Å². The van der Waals surface area contributed by atoms with Crippen molar-refractivity contribution in [2.45, 2.75) is 51.4 Å². The third kappa shape index (κ3) is 4.06. The van der Waals surface area contributed by atoms with Crippen LogP contribution in [-0.4, -0.2) is 35.0 Å². The summed E-state index contributed by atoms with van der Waals surface area (Å²) in [6.07, 6.45) is 0.249. The molecule has 1 amide bonds. The molecule has 1 rings (SSSR count). The fraction of sp³-hybridized carbons (Fsp3) is 0.800. The maximum atomic E-state index is 11.4. The van der Waals surface area contributed by atoms with Gasteiger partial charge in [-0.3, -0.25) is 10.1 Å². The summed E-state index contributed by atoms with van der Waals surface area (Å²) >= 11 is 0. The number of carbonyl (C=O) groups is 2. The van der Waals surface area contributed by atoms with Gasteiger partial charge in [-0.05, 0) is 33.6 Å². The monoisotopic (exact) mass is 230 g/mol. The minimum absolute atomic E-state index is 0.323. The Labute approximate surface area is 94.3 Å². The summed E-state index contributed by atoms with van der Waals surface area (Å²) in [6, 6.07) is -0.583. The number of carboxylic acids is 1. The Kier molecular flexibility index (Phi) is 3.74. The van der Waals surface area contributed by atoms with Gasteiger partial charge in [-0.1, -0.05) is 0 Å². The number of aliphatic carboxylic acids is 1. The van der Waals surface area contributed by atoms with Crippen molar-refractivity contribution < 1.29 is 19.4 Å². The minimum atomic E-state index is -0.895. The third-order valence-corrected chi connectivity index (χ3v) is 2.14. The Balaban J connectivity index is 2.34. The van der Waals surface area contributed by atoms with Gasteiger partial charge in [0.2, 0.25) is 0 Å². The molecule has 92 valence electrons. The molecule has 0 saturated carbocycles. The fourth-order valence-electron chi connectivity index (χ4n) is 1.50. The summed E-state index contributed by atoms with van der Waals surface area (Å²) in [6.45, 7) is 5.32. The highest BCUT2D eigenvalue weighted by atomic mass is 16.6. The van der Waals surface area contributed by atoms with E-state index in [-0.39, 0.29) is 6.17 Å². The highest BCUT2D eigenvalue weighted by Gasteiger charge is 2.30. The highest BCUT2D eigenvalue weighted by Crippen LogP contribution is 2.12. The van der Waals surface area contributed by atoms with Gasteiger partial charge in [-0.15, -0.1) is 0 Å². The van der Waals surface area contributed by atoms with Crippen LogP contribution in [0.4, 0.5) is 4.79 Å². The molecule has 0 aromatic heterocycles. The molecular formula is C10H18N2O4. The Morgan fingerprint density at radius 1 is 1.38 bits per heavy atom. The van der Waals surface area contributed by atoms with Crippen LogP contribution in [0.15, 0.2) is 0 Å². The highest BCUT2D eigenvalue weighted by molar-refractivity contribution is 5.74. The number of rotatable bonds is 2. The quantitative estimate of drug-likeness (QED) is 0.649. The van der Waals surface area contributed by atoms with E-state index < -0.39 is 23.7 Å². The topological polar surface area (TPSA) is 87.7 Å². The molecule has 0 spiro atoms. The first kappa shape index (κ1) is 12.8. The minimum Gasteiger partial charge on any atom is -0.480 e. The predicted octanol–water partition coefficient (Wildman–Crippen LogP) is 0.674. The zero-order chi connectivity index (χ0) is 12.3. The average molecular weight is 230 g/mol. The lowest BCUT2D eigenvalue weighted by Crippen LogP contribution is -2.47. The summed E-state index contributed by atoms with van der Waals surface area (Å²) in [5, 5.41) is 14.1. The first-order valence-corrected chi connectivity index (χ1v) is 5.26. The Bertz CT molecular complexity index is 285. The first-order chi connectivity index (χ1) is 7.28. The van der Waals surface area contributed by atoms with Gasteiger partial charge < -0.3 is 15.2 Å². The Morgan fingerprint density at radius 2 is 2.00 bits per heavy atom. The van der Waals surface area contributed by atoms with Gasteiger partial charge >= 0.3 is 12.1 Å². The number of hydrogen-bond acceptors (Lipinski definition) is 4. The summed E-state index contributed by atoms with van der Waals surface area (Å²) < 4.78 is 5.06. The van der Waals surface area contributed by atoms with Crippen molar-refractivity contribution in [2.24, 2.45) is 0 Å². The largest absolute Gasteiger partial charge is 0.480 e. The van der Waals surface area contributed by atoms with Crippen molar-refractivity contribution in [1.29, 1.82) is 0 Å². The van der Waals surface area contributed by atoms with Crippen molar-refractivity contribution in [3.8, 4) is 0 Å². The lowest BCUT2D eigenvalue weighted by Gasteiger charge is -2.21. The molecule has 6 nitrogen and oxygen atoms in total. The number of carbonyl (C=O) groups excluding carboxylic acids is 1. The van der Waals surface area contributed by atoms with Crippen molar-refractivity contribution in [3.05, 3.63) is 0 Å². The maximum absolute atomic E-state index is 11.4. The molecule has 0 radical (unpaired) electrons. The smallest absolute Gasteiger partial charge is 0.408 e. The van der Waals surface area contributed by atoms with Crippen molar-refractivity contribution in [1.82, 2.24) is 10.6 Å². The van der Waals surface area contributed by atoms with Crippen LogP contribution in [-0.2, 0) is 9.53 Å². The maximum Gasteiger partial charge on any atom is 0.408 e. The molecule has 16 heavy (non-hydrogen) atoms. The molecule has 1 fully saturated rings. The van der Waals surface area contributed by atoms with E-state index in [9.17, 15) is 9.59 Å². The number of nitrogens with one attached hydrogen (secondary N) is 2. The Morgan fingerprint density at radius 3 is 2.44 bits per heavy atom. The molecule has 2 atom stereocenters. The van der Waals surface area contributed by atoms with Gasteiger partial charge in [0.05, 0.1) is 6.17 Å². The van der Waals surface area contributed by atoms with Crippen LogP contribution in [0.2, 0.25) is 0 Å². The fourth-order valence-corrected chi connectivity index (χ4v) is 1.50. The molecule has 0 aromatic rings. The van der Waals surface area contributed by atoms with Crippen LogP contribution in [0, 0.1) is 0 Å². The standard InChI is InChI=1S/C10H18N2O4/c1-10(2,3)16-9(15)12-7-5-4-6(11-7)8(13)14/h6-7,11H,4-5H2,1-3H3,(H,12,15)(H,13,14)/t6-,7+/m0/s1. The van der Waals surface area contributed by atoms with Crippen LogP contribution >= 0.6 is 0 Å². The Hall–Kier alpha value is -1.30. The number of ether oxygens (including phenoxy) is 1. The molecule has 1 aliphatic heterocycles.